The molecular weight excluding hydrogens is 592 g/mol. The van der Waals surface area contributed by atoms with Crippen molar-refractivity contribution in [2.45, 2.75) is 50.4 Å². The maximum atomic E-state index is 13.5. The largest absolute Gasteiger partial charge is 0.488 e. The molecule has 0 aliphatic carbocycles. The predicted molar refractivity (Wildman–Crippen MR) is 164 cm³/mol. The normalized spacial score (nSPS) is 12.9. The molecule has 0 radical (unpaired) electrons. The zero-order chi connectivity index (χ0) is 33.1. The number of ketones is 1. The number of aromatic nitrogens is 1. The molecule has 45 heavy (non-hydrogen) atoms. The summed E-state index contributed by atoms with van der Waals surface area (Å²) in [5, 5.41) is 22.2. The van der Waals surface area contributed by atoms with Gasteiger partial charge >= 0.3 is 13.3 Å². The third-order valence-corrected chi connectivity index (χ3v) is 7.30. The Morgan fingerprint density at radius 3 is 2.22 bits per heavy atom. The van der Waals surface area contributed by atoms with Crippen molar-refractivity contribution in [1.82, 2.24) is 15.2 Å². The van der Waals surface area contributed by atoms with E-state index in [9.17, 15) is 37.6 Å². The summed E-state index contributed by atoms with van der Waals surface area (Å²) in [6.07, 6.45) is -2.91. The smallest absolute Gasteiger partial charge is 0.423 e. The average molecular weight is 630 g/mol. The van der Waals surface area contributed by atoms with Crippen molar-refractivity contribution in [2.75, 3.05) is 26.2 Å². The van der Waals surface area contributed by atoms with Crippen molar-refractivity contribution in [1.29, 1.82) is 0 Å². The lowest BCUT2D eigenvalue weighted by molar-refractivity contribution is -0.137. The summed E-state index contributed by atoms with van der Waals surface area (Å²) in [7, 11) is -1.69. The van der Waals surface area contributed by atoms with Gasteiger partial charge in [-0.25, -0.2) is 0 Å². The topological polar surface area (TPSA) is 198 Å². The Hall–Kier alpha value is -3.89. The molecular formula is C30H38BF3N6O5. The summed E-state index contributed by atoms with van der Waals surface area (Å²) in [6.45, 7) is 1.11. The molecule has 0 aliphatic heterocycles. The molecule has 0 spiro atoms. The quantitative estimate of drug-likeness (QED) is 0.118. The molecule has 3 aromatic rings. The summed E-state index contributed by atoms with van der Waals surface area (Å²) in [6, 6.07) is 8.72. The van der Waals surface area contributed by atoms with Crippen molar-refractivity contribution in [3.63, 3.8) is 0 Å². The number of hydrogen-bond acceptors (Lipinski definition) is 9. The van der Waals surface area contributed by atoms with E-state index in [4.69, 9.17) is 17.2 Å². The van der Waals surface area contributed by atoms with Gasteiger partial charge < -0.3 is 37.5 Å². The van der Waals surface area contributed by atoms with Crippen LogP contribution in [0.5, 0.6) is 0 Å². The monoisotopic (exact) mass is 630 g/mol. The van der Waals surface area contributed by atoms with Gasteiger partial charge in [0, 0.05) is 50.6 Å². The van der Waals surface area contributed by atoms with Gasteiger partial charge in [0.25, 0.3) is 0 Å². The number of nitrogens with two attached hydrogens (primary N) is 3. The molecule has 242 valence electrons. The van der Waals surface area contributed by atoms with Crippen LogP contribution in [0.15, 0.2) is 54.7 Å². The number of carbonyl (C=O) groups is 3. The third kappa shape index (κ3) is 10.6. The second-order valence-electron chi connectivity index (χ2n) is 10.7. The summed E-state index contributed by atoms with van der Waals surface area (Å²) in [4.78, 5) is 44.9. The number of nitrogens with zero attached hydrogens (tertiary/aromatic N) is 2. The van der Waals surface area contributed by atoms with Crippen LogP contribution in [-0.2, 0) is 33.4 Å². The number of hydrogen-bond donors (Lipinski definition) is 6. The maximum absolute atomic E-state index is 13.5. The van der Waals surface area contributed by atoms with Gasteiger partial charge in [0.2, 0.25) is 11.8 Å². The van der Waals surface area contributed by atoms with E-state index in [0.717, 1.165) is 12.1 Å². The first kappa shape index (κ1) is 35.6. The molecule has 1 heterocycles. The number of aryl methyl sites for hydroxylation is 1. The van der Waals surface area contributed by atoms with E-state index >= 15 is 0 Å². The fraction of sp³-hybridized carbons (Fsp3) is 0.400. The number of fused-ring (bicyclic) bond motifs is 1. The number of alkyl halides is 3. The molecule has 0 bridgehead atoms. The van der Waals surface area contributed by atoms with Crippen molar-refractivity contribution >= 4 is 41.1 Å². The van der Waals surface area contributed by atoms with E-state index in [-0.39, 0.29) is 56.6 Å². The fourth-order valence-corrected chi connectivity index (χ4v) is 4.78. The summed E-state index contributed by atoms with van der Waals surface area (Å²) in [5.74, 6) is -1.31. The highest BCUT2D eigenvalue weighted by Gasteiger charge is 2.30. The Balaban J connectivity index is 1.74. The van der Waals surface area contributed by atoms with Gasteiger partial charge in [0.05, 0.1) is 23.2 Å². The Morgan fingerprint density at radius 1 is 0.956 bits per heavy atom. The average Bonchev–Trinajstić information content (AvgIpc) is 3.00. The highest BCUT2D eigenvalue weighted by molar-refractivity contribution is 6.58. The van der Waals surface area contributed by atoms with Gasteiger partial charge in [-0.1, -0.05) is 24.3 Å². The summed E-state index contributed by atoms with van der Waals surface area (Å²) in [5.41, 5.74) is 18.2. The lowest BCUT2D eigenvalue weighted by Crippen LogP contribution is -2.49. The number of Topliss-reactive ketones (excluding diaryl/α,β-unsaturated/α-hetero) is 1. The van der Waals surface area contributed by atoms with Gasteiger partial charge in [0.1, 0.15) is 0 Å². The van der Waals surface area contributed by atoms with E-state index in [1.807, 2.05) is 0 Å². The van der Waals surface area contributed by atoms with E-state index in [1.54, 1.807) is 12.1 Å². The predicted octanol–water partition coefficient (Wildman–Crippen LogP) is 0.0161. The zero-order valence-electron chi connectivity index (χ0n) is 24.7. The van der Waals surface area contributed by atoms with Gasteiger partial charge in [0.15, 0.2) is 5.78 Å². The molecule has 0 saturated heterocycles. The van der Waals surface area contributed by atoms with Crippen LogP contribution in [0.25, 0.3) is 10.9 Å². The molecule has 0 aliphatic rings. The Kier molecular flexibility index (Phi) is 13.0. The van der Waals surface area contributed by atoms with E-state index in [2.05, 4.69) is 10.3 Å². The van der Waals surface area contributed by atoms with Crippen LogP contribution in [0.3, 0.4) is 0 Å². The second kappa shape index (κ2) is 16.4. The minimum Gasteiger partial charge on any atom is -0.423 e. The SMILES string of the molecule is NCCN(CCN)C(=O)CC[C@H](N)C(=O)N[C@H](CCc1ccc(C(F)(F)F)cc1)C(=O)Cc1cnc2ccc(B(O)O)cc2c1. The molecule has 0 fully saturated rings. The van der Waals surface area contributed by atoms with Crippen molar-refractivity contribution in [3.05, 3.63) is 71.4 Å². The molecule has 1 aromatic heterocycles. The summed E-state index contributed by atoms with van der Waals surface area (Å²) < 4.78 is 39.0. The van der Waals surface area contributed by atoms with Crippen LogP contribution >= 0.6 is 0 Å². The Bertz CT molecular complexity index is 1450. The molecule has 0 saturated carbocycles. The first-order valence-corrected chi connectivity index (χ1v) is 14.5. The molecule has 15 heteroatoms. The minimum absolute atomic E-state index is 0.00373. The van der Waals surface area contributed by atoms with Crippen molar-refractivity contribution in [2.24, 2.45) is 17.2 Å². The van der Waals surface area contributed by atoms with Gasteiger partial charge in [-0.05, 0) is 60.1 Å². The number of halogens is 3. The van der Waals surface area contributed by atoms with E-state index in [0.29, 0.717) is 35.1 Å². The number of carbonyl (C=O) groups excluding carboxylic acids is 3. The second-order valence-corrected chi connectivity index (χ2v) is 10.7. The standard InChI is InChI=1S/C30H38BF3N6O5/c32-30(33,34)22-4-1-19(2-5-22)3-8-26(39-29(43)24(37)7-10-28(42)40(13-11-35)14-12-36)27(41)16-20-15-21-17-23(31(44)45)6-9-25(21)38-18-20/h1-2,4-6,9,15,17-18,24,26,44-45H,3,7-8,10-14,16,35-37H2,(H,39,43)/t24-,26+/m0/s1. The van der Waals surface area contributed by atoms with Crippen LogP contribution in [0.1, 0.15) is 36.0 Å². The molecule has 0 unspecified atom stereocenters. The van der Waals surface area contributed by atoms with E-state index in [1.165, 1.54) is 35.4 Å². The van der Waals surface area contributed by atoms with Crippen LogP contribution in [-0.4, -0.2) is 82.9 Å². The number of pyridine rings is 1. The Labute approximate surface area is 259 Å². The zero-order valence-corrected chi connectivity index (χ0v) is 24.7. The lowest BCUT2D eigenvalue weighted by atomic mass is 9.80. The molecule has 11 nitrogen and oxygen atoms in total. The fourth-order valence-electron chi connectivity index (χ4n) is 4.78. The number of nitrogens with one attached hydrogen (secondary N) is 1. The third-order valence-electron chi connectivity index (χ3n) is 7.30. The minimum atomic E-state index is -4.49. The highest BCUT2D eigenvalue weighted by atomic mass is 19.4. The van der Waals surface area contributed by atoms with Crippen molar-refractivity contribution in [3.8, 4) is 0 Å². The number of rotatable bonds is 16. The number of benzene rings is 2. The molecule has 9 N–H and O–H groups in total. The Morgan fingerprint density at radius 2 is 1.62 bits per heavy atom. The van der Waals surface area contributed by atoms with Crippen LogP contribution in [0.2, 0.25) is 0 Å². The summed E-state index contributed by atoms with van der Waals surface area (Å²) >= 11 is 0. The van der Waals surface area contributed by atoms with Gasteiger partial charge in [-0.3, -0.25) is 19.4 Å². The molecule has 2 amide bonds. The molecule has 2 aromatic carbocycles. The van der Waals surface area contributed by atoms with Gasteiger partial charge in [-0.15, -0.1) is 0 Å². The first-order chi connectivity index (χ1) is 21.3. The van der Waals surface area contributed by atoms with Crippen LogP contribution in [0, 0.1) is 0 Å². The molecule has 2 atom stereocenters. The number of amides is 2. The maximum Gasteiger partial charge on any atom is 0.488 e. The van der Waals surface area contributed by atoms with Gasteiger partial charge in [-0.2, -0.15) is 13.2 Å². The van der Waals surface area contributed by atoms with Crippen LogP contribution in [0.4, 0.5) is 13.2 Å². The van der Waals surface area contributed by atoms with Crippen molar-refractivity contribution < 1.29 is 37.6 Å². The highest BCUT2D eigenvalue weighted by Crippen LogP contribution is 2.29. The van der Waals surface area contributed by atoms with E-state index < -0.39 is 42.6 Å². The van der Waals surface area contributed by atoms with Crippen LogP contribution < -0.4 is 28.0 Å². The lowest BCUT2D eigenvalue weighted by Gasteiger charge is -2.23. The first-order valence-electron chi connectivity index (χ1n) is 14.5. The molecule has 3 rings (SSSR count).